The van der Waals surface area contributed by atoms with Crippen molar-refractivity contribution in [1.29, 1.82) is 0 Å². The minimum Gasteiger partial charge on any atom is -0.353 e. The Labute approximate surface area is 98.1 Å². The standard InChI is InChI=1S/C11H17F3N2O/c1-7(8-2-3-8)16-9(17)10(11(12,13)14)4-5-15-6-10/h7-8,15H,2-6H2,1H3,(H,16,17). The second-order valence-electron chi connectivity index (χ2n) is 5.11. The summed E-state index contributed by atoms with van der Waals surface area (Å²) < 4.78 is 39.1. The summed E-state index contributed by atoms with van der Waals surface area (Å²) in [6, 6.07) is -0.151. The molecule has 1 aliphatic carbocycles. The lowest BCUT2D eigenvalue weighted by Crippen LogP contribution is -2.54. The lowest BCUT2D eigenvalue weighted by molar-refractivity contribution is -0.216. The molecule has 2 aliphatic rings. The van der Waals surface area contributed by atoms with Gasteiger partial charge in [0.15, 0.2) is 5.41 Å². The molecule has 2 N–H and O–H groups in total. The van der Waals surface area contributed by atoms with E-state index < -0.39 is 17.5 Å². The van der Waals surface area contributed by atoms with E-state index in [2.05, 4.69) is 10.6 Å². The summed E-state index contributed by atoms with van der Waals surface area (Å²) >= 11 is 0. The van der Waals surface area contributed by atoms with Crippen molar-refractivity contribution < 1.29 is 18.0 Å². The lowest BCUT2D eigenvalue weighted by atomic mass is 9.85. The van der Waals surface area contributed by atoms with Gasteiger partial charge >= 0.3 is 6.18 Å². The van der Waals surface area contributed by atoms with E-state index >= 15 is 0 Å². The molecule has 3 nitrogen and oxygen atoms in total. The summed E-state index contributed by atoms with van der Waals surface area (Å²) in [6.45, 7) is 1.71. The van der Waals surface area contributed by atoms with Gasteiger partial charge in [0.1, 0.15) is 0 Å². The van der Waals surface area contributed by atoms with E-state index in [0.29, 0.717) is 5.92 Å². The third kappa shape index (κ3) is 2.27. The number of halogens is 3. The van der Waals surface area contributed by atoms with Crippen LogP contribution in [0.4, 0.5) is 13.2 Å². The fraction of sp³-hybridized carbons (Fsp3) is 0.909. The van der Waals surface area contributed by atoms with Crippen molar-refractivity contribution in [3.63, 3.8) is 0 Å². The molecule has 0 spiro atoms. The van der Waals surface area contributed by atoms with Gasteiger partial charge in [-0.25, -0.2) is 0 Å². The summed E-state index contributed by atoms with van der Waals surface area (Å²) in [4.78, 5) is 11.9. The van der Waals surface area contributed by atoms with E-state index in [9.17, 15) is 18.0 Å². The molecular weight excluding hydrogens is 233 g/mol. The number of carbonyl (C=O) groups excluding carboxylic acids is 1. The van der Waals surface area contributed by atoms with Crippen molar-refractivity contribution >= 4 is 5.91 Å². The van der Waals surface area contributed by atoms with E-state index in [1.54, 1.807) is 6.92 Å². The van der Waals surface area contributed by atoms with Crippen LogP contribution in [0, 0.1) is 11.3 Å². The normalized spacial score (nSPS) is 31.3. The number of hydrogen-bond acceptors (Lipinski definition) is 2. The van der Waals surface area contributed by atoms with E-state index in [1.165, 1.54) is 0 Å². The van der Waals surface area contributed by atoms with Gasteiger partial charge in [0, 0.05) is 12.6 Å². The smallest absolute Gasteiger partial charge is 0.353 e. The predicted octanol–water partition coefficient (Wildman–Crippen LogP) is 1.44. The molecule has 2 unspecified atom stereocenters. The predicted molar refractivity (Wildman–Crippen MR) is 56.3 cm³/mol. The number of alkyl halides is 3. The van der Waals surface area contributed by atoms with Gasteiger partial charge < -0.3 is 10.6 Å². The van der Waals surface area contributed by atoms with Gasteiger partial charge in [-0.1, -0.05) is 0 Å². The quantitative estimate of drug-likeness (QED) is 0.796. The summed E-state index contributed by atoms with van der Waals surface area (Å²) in [5, 5.41) is 5.17. The van der Waals surface area contributed by atoms with Crippen LogP contribution >= 0.6 is 0 Å². The summed E-state index contributed by atoms with van der Waals surface area (Å²) in [5.41, 5.74) is -2.23. The zero-order valence-electron chi connectivity index (χ0n) is 9.73. The van der Waals surface area contributed by atoms with Crippen LogP contribution in [0.1, 0.15) is 26.2 Å². The molecule has 2 rings (SSSR count). The maximum absolute atomic E-state index is 13.0. The lowest BCUT2D eigenvalue weighted by Gasteiger charge is -2.30. The van der Waals surface area contributed by atoms with Crippen molar-refractivity contribution in [2.75, 3.05) is 13.1 Å². The van der Waals surface area contributed by atoms with E-state index in [4.69, 9.17) is 0 Å². The molecule has 1 amide bonds. The van der Waals surface area contributed by atoms with Crippen LogP contribution in [0.5, 0.6) is 0 Å². The Morgan fingerprint density at radius 2 is 2.12 bits per heavy atom. The molecule has 1 heterocycles. The molecule has 1 saturated carbocycles. The highest BCUT2D eigenvalue weighted by molar-refractivity contribution is 5.84. The molecule has 2 fully saturated rings. The maximum Gasteiger partial charge on any atom is 0.404 e. The Morgan fingerprint density at radius 3 is 2.53 bits per heavy atom. The second kappa shape index (κ2) is 4.15. The minimum absolute atomic E-state index is 0.151. The molecule has 17 heavy (non-hydrogen) atoms. The van der Waals surface area contributed by atoms with Gasteiger partial charge in [0.2, 0.25) is 5.91 Å². The van der Waals surface area contributed by atoms with E-state index in [1.807, 2.05) is 0 Å². The number of rotatable bonds is 3. The Bertz CT molecular complexity index is 306. The fourth-order valence-corrected chi connectivity index (χ4v) is 2.32. The van der Waals surface area contributed by atoms with Crippen LogP contribution < -0.4 is 10.6 Å². The van der Waals surface area contributed by atoms with Crippen molar-refractivity contribution in [2.45, 2.75) is 38.4 Å². The Balaban J connectivity index is 2.07. The molecule has 0 aromatic heterocycles. The molecule has 2 atom stereocenters. The molecule has 6 heteroatoms. The van der Waals surface area contributed by atoms with Crippen molar-refractivity contribution in [3.05, 3.63) is 0 Å². The Kier molecular flexibility index (Phi) is 3.10. The molecule has 1 aliphatic heterocycles. The first-order chi connectivity index (χ1) is 7.87. The first kappa shape index (κ1) is 12.7. The van der Waals surface area contributed by atoms with Crippen molar-refractivity contribution in [2.24, 2.45) is 11.3 Å². The summed E-state index contributed by atoms with van der Waals surface area (Å²) in [7, 11) is 0. The van der Waals surface area contributed by atoms with Crippen LogP contribution in [0.25, 0.3) is 0 Å². The van der Waals surface area contributed by atoms with Crippen LogP contribution in [-0.2, 0) is 4.79 Å². The second-order valence-corrected chi connectivity index (χ2v) is 5.11. The molecule has 0 aromatic carbocycles. The minimum atomic E-state index is -4.48. The monoisotopic (exact) mass is 250 g/mol. The molecule has 0 radical (unpaired) electrons. The van der Waals surface area contributed by atoms with Crippen molar-refractivity contribution in [3.8, 4) is 0 Å². The number of carbonyl (C=O) groups is 1. The first-order valence-corrected chi connectivity index (χ1v) is 5.95. The Hall–Kier alpha value is -0.780. The summed E-state index contributed by atoms with van der Waals surface area (Å²) in [6.07, 6.45) is -2.65. The van der Waals surface area contributed by atoms with Gasteiger partial charge in [0.25, 0.3) is 0 Å². The van der Waals surface area contributed by atoms with Crippen LogP contribution in [-0.4, -0.2) is 31.2 Å². The van der Waals surface area contributed by atoms with Crippen molar-refractivity contribution in [1.82, 2.24) is 10.6 Å². The van der Waals surface area contributed by atoms with Gasteiger partial charge in [-0.15, -0.1) is 0 Å². The number of nitrogens with one attached hydrogen (secondary N) is 2. The highest BCUT2D eigenvalue weighted by atomic mass is 19.4. The topological polar surface area (TPSA) is 41.1 Å². The highest BCUT2D eigenvalue weighted by Crippen LogP contribution is 2.43. The zero-order valence-corrected chi connectivity index (χ0v) is 9.73. The third-order valence-electron chi connectivity index (χ3n) is 3.82. The van der Waals surface area contributed by atoms with Gasteiger partial charge in [-0.3, -0.25) is 4.79 Å². The number of hydrogen-bond donors (Lipinski definition) is 2. The molecule has 1 saturated heterocycles. The summed E-state index contributed by atoms with van der Waals surface area (Å²) in [5.74, 6) is -0.506. The average Bonchev–Trinajstić information content (AvgIpc) is 2.93. The van der Waals surface area contributed by atoms with E-state index in [-0.39, 0.29) is 25.6 Å². The van der Waals surface area contributed by atoms with Crippen LogP contribution in [0.3, 0.4) is 0 Å². The van der Waals surface area contributed by atoms with E-state index in [0.717, 1.165) is 12.8 Å². The number of amides is 1. The van der Waals surface area contributed by atoms with Crippen LogP contribution in [0.2, 0.25) is 0 Å². The largest absolute Gasteiger partial charge is 0.404 e. The van der Waals surface area contributed by atoms with Gasteiger partial charge in [-0.2, -0.15) is 13.2 Å². The van der Waals surface area contributed by atoms with Gasteiger partial charge in [-0.05, 0) is 38.6 Å². The zero-order chi connectivity index (χ0) is 12.7. The molecule has 98 valence electrons. The molecule has 0 aromatic rings. The fourth-order valence-electron chi connectivity index (χ4n) is 2.32. The Morgan fingerprint density at radius 1 is 1.47 bits per heavy atom. The maximum atomic E-state index is 13.0. The highest BCUT2D eigenvalue weighted by Gasteiger charge is 2.61. The van der Waals surface area contributed by atoms with Gasteiger partial charge in [0.05, 0.1) is 0 Å². The first-order valence-electron chi connectivity index (χ1n) is 5.95. The SMILES string of the molecule is CC(NC(=O)C1(C(F)(F)F)CCNC1)C1CC1. The average molecular weight is 250 g/mol. The van der Waals surface area contributed by atoms with Crippen LogP contribution in [0.15, 0.2) is 0 Å². The molecule has 0 bridgehead atoms. The molecular formula is C11H17F3N2O. The third-order valence-corrected chi connectivity index (χ3v) is 3.82.